The molecular formula is C28H35FN6O7S. The second kappa shape index (κ2) is 12.1. The summed E-state index contributed by atoms with van der Waals surface area (Å²) in [7, 11) is -2.19. The molecule has 1 aromatic carbocycles. The monoisotopic (exact) mass is 618 g/mol. The van der Waals surface area contributed by atoms with Crippen molar-refractivity contribution in [3.8, 4) is 0 Å². The molecule has 1 unspecified atom stereocenters. The molecule has 43 heavy (non-hydrogen) atoms. The summed E-state index contributed by atoms with van der Waals surface area (Å²) >= 11 is 0. The molecule has 2 heterocycles. The average Bonchev–Trinajstić information content (AvgIpc) is 3.66. The number of hydrogen-bond donors (Lipinski definition) is 3. The first-order valence-corrected chi connectivity index (χ1v) is 15.8. The van der Waals surface area contributed by atoms with Crippen LogP contribution in [0.4, 0.5) is 14.0 Å². The van der Waals surface area contributed by atoms with Crippen LogP contribution in [-0.4, -0.2) is 110 Å². The van der Waals surface area contributed by atoms with E-state index < -0.39 is 39.6 Å². The van der Waals surface area contributed by atoms with Gasteiger partial charge in [-0.3, -0.25) is 14.5 Å². The Labute approximate surface area is 248 Å². The third kappa shape index (κ3) is 6.73. The Morgan fingerprint density at radius 1 is 1.23 bits per heavy atom. The highest BCUT2D eigenvalue weighted by molar-refractivity contribution is 7.89. The highest BCUT2D eigenvalue weighted by Gasteiger charge is 2.53. The lowest BCUT2D eigenvalue weighted by Crippen LogP contribution is -2.47. The lowest BCUT2D eigenvalue weighted by atomic mass is 9.89. The van der Waals surface area contributed by atoms with E-state index in [1.165, 1.54) is 24.1 Å². The Kier molecular flexibility index (Phi) is 8.58. The van der Waals surface area contributed by atoms with Crippen LogP contribution < -0.4 is 15.8 Å². The average molecular weight is 619 g/mol. The molecule has 0 aromatic heterocycles. The summed E-state index contributed by atoms with van der Waals surface area (Å²) < 4.78 is 42.3. The number of benzene rings is 1. The zero-order valence-electron chi connectivity index (χ0n) is 23.8. The molecule has 4 amide bonds. The summed E-state index contributed by atoms with van der Waals surface area (Å²) in [6.07, 6.45) is 3.93. The molecule has 4 N–H and O–H groups in total. The number of sulfonamides is 1. The van der Waals surface area contributed by atoms with E-state index in [9.17, 15) is 32.0 Å². The van der Waals surface area contributed by atoms with Crippen LogP contribution in [0, 0.1) is 5.82 Å². The van der Waals surface area contributed by atoms with E-state index in [1.54, 1.807) is 29.2 Å². The molecule has 232 valence electrons. The van der Waals surface area contributed by atoms with E-state index in [-0.39, 0.29) is 49.7 Å². The van der Waals surface area contributed by atoms with Crippen molar-refractivity contribution in [3.63, 3.8) is 0 Å². The van der Waals surface area contributed by atoms with Crippen LogP contribution in [0.2, 0.25) is 0 Å². The maximum Gasteiger partial charge on any atom is 0.411 e. The number of nitrogens with zero attached hydrogens (tertiary/aromatic N) is 3. The molecule has 2 saturated heterocycles. The van der Waals surface area contributed by atoms with Gasteiger partial charge in [0.1, 0.15) is 18.4 Å². The number of amides is 4. The van der Waals surface area contributed by atoms with Gasteiger partial charge in [0.25, 0.3) is 0 Å². The number of nitrogens with one attached hydrogen (secondary N) is 2. The van der Waals surface area contributed by atoms with E-state index >= 15 is 0 Å². The van der Waals surface area contributed by atoms with Crippen LogP contribution in [0.5, 0.6) is 0 Å². The molecule has 2 fully saturated rings. The predicted octanol–water partition coefficient (Wildman–Crippen LogP) is 0.235. The van der Waals surface area contributed by atoms with Crippen molar-refractivity contribution < 1.29 is 36.7 Å². The fourth-order valence-corrected chi connectivity index (χ4v) is 6.70. The van der Waals surface area contributed by atoms with Crippen molar-refractivity contribution in [1.29, 1.82) is 0 Å². The molecule has 5 rings (SSSR count). The zero-order chi connectivity index (χ0) is 30.9. The number of fused-ring (bicyclic) bond motifs is 1. The van der Waals surface area contributed by atoms with E-state index in [0.29, 0.717) is 49.1 Å². The van der Waals surface area contributed by atoms with Gasteiger partial charge in [-0.15, -0.1) is 0 Å². The number of primary sulfonamides is 1. The number of carbonyl (C=O) groups is 4. The Bertz CT molecular complexity index is 1480. The lowest BCUT2D eigenvalue weighted by Gasteiger charge is -2.31. The summed E-state index contributed by atoms with van der Waals surface area (Å²) in [5, 5.41) is 10.2. The largest absolute Gasteiger partial charge is 0.436 e. The quantitative estimate of drug-likeness (QED) is 0.353. The SMILES string of the molecule is CNC(=O)NC1C=CC2=C(CC[C@]23CN(CC(=O)N(Cc2ccc(F)cc2)[C@@H]2CCN(CCS(N)(=O)=O)C2)C(=O)O3)C1=O. The van der Waals surface area contributed by atoms with Gasteiger partial charge < -0.3 is 25.2 Å². The molecule has 0 radical (unpaired) electrons. The van der Waals surface area contributed by atoms with Gasteiger partial charge in [0.2, 0.25) is 15.9 Å². The van der Waals surface area contributed by atoms with Crippen molar-refractivity contribution in [3.05, 3.63) is 58.9 Å². The topological polar surface area (TPSA) is 171 Å². The van der Waals surface area contributed by atoms with Crippen LogP contribution in [0.15, 0.2) is 47.6 Å². The van der Waals surface area contributed by atoms with Crippen LogP contribution in [0.25, 0.3) is 0 Å². The number of nitrogens with two attached hydrogens (primary N) is 1. The number of urea groups is 1. The van der Waals surface area contributed by atoms with E-state index in [0.717, 1.165) is 0 Å². The van der Waals surface area contributed by atoms with Gasteiger partial charge in [0.05, 0.1) is 12.3 Å². The van der Waals surface area contributed by atoms with E-state index in [1.807, 2.05) is 4.90 Å². The number of halogens is 1. The molecule has 2 aliphatic heterocycles. The minimum Gasteiger partial charge on any atom is -0.436 e. The second-order valence-electron chi connectivity index (χ2n) is 11.3. The summed E-state index contributed by atoms with van der Waals surface area (Å²) in [4.78, 5) is 56.5. The molecule has 13 nitrogen and oxygen atoms in total. The summed E-state index contributed by atoms with van der Waals surface area (Å²) in [5.74, 6) is -1.21. The number of rotatable bonds is 9. The minimum atomic E-state index is -3.64. The van der Waals surface area contributed by atoms with Gasteiger partial charge in [-0.25, -0.2) is 27.5 Å². The Hall–Kier alpha value is -3.82. The fraction of sp³-hybridized carbons (Fsp3) is 0.500. The first-order chi connectivity index (χ1) is 20.4. The summed E-state index contributed by atoms with van der Waals surface area (Å²) in [6, 6.07) is 4.23. The Morgan fingerprint density at radius 3 is 2.67 bits per heavy atom. The number of Topliss-reactive ketones (excluding diaryl/α,β-unsaturated/α-hetero) is 1. The number of ether oxygens (including phenoxy) is 1. The highest BCUT2D eigenvalue weighted by Crippen LogP contribution is 2.45. The molecule has 3 atom stereocenters. The third-order valence-corrected chi connectivity index (χ3v) is 9.18. The van der Waals surface area contributed by atoms with Gasteiger partial charge in [-0.1, -0.05) is 24.3 Å². The van der Waals surface area contributed by atoms with Gasteiger partial charge in [-0.2, -0.15) is 0 Å². The standard InChI is InChI=1S/C28H35FN6O7S/c1-31-26(38)32-23-7-6-22-21(25(23)37)8-10-28(22)17-34(27(39)42-28)16-24(36)35(14-18-2-4-19(29)5-3-18)20-9-11-33(15-20)12-13-43(30,40)41/h2-7,20,23H,8-17H2,1H3,(H2,30,40,41)(H2,31,32,38)/t20-,23?,28+/m1/s1. The molecule has 2 aliphatic carbocycles. The van der Waals surface area contributed by atoms with Crippen molar-refractivity contribution in [2.45, 2.75) is 43.5 Å². The van der Waals surface area contributed by atoms with Gasteiger partial charge >= 0.3 is 12.1 Å². The third-order valence-electron chi connectivity index (χ3n) is 8.42. The first kappa shape index (κ1) is 30.6. The first-order valence-electron chi connectivity index (χ1n) is 14.1. The van der Waals surface area contributed by atoms with Crippen molar-refractivity contribution in [2.24, 2.45) is 5.14 Å². The van der Waals surface area contributed by atoms with E-state index in [2.05, 4.69) is 10.6 Å². The number of carbonyl (C=O) groups excluding carboxylic acids is 4. The molecule has 0 saturated carbocycles. The van der Waals surface area contributed by atoms with Crippen molar-refractivity contribution in [2.75, 3.05) is 45.5 Å². The summed E-state index contributed by atoms with van der Waals surface area (Å²) in [6.45, 7) is 1.21. The molecule has 15 heteroatoms. The van der Waals surface area contributed by atoms with Gasteiger partial charge in [0, 0.05) is 50.4 Å². The maximum atomic E-state index is 13.8. The van der Waals surface area contributed by atoms with Crippen LogP contribution >= 0.6 is 0 Å². The number of likely N-dealkylation sites (tertiary alicyclic amines) is 1. The Balaban J connectivity index is 1.29. The smallest absolute Gasteiger partial charge is 0.411 e. The fourth-order valence-electron chi connectivity index (χ4n) is 6.19. The number of hydrogen-bond acceptors (Lipinski definition) is 8. The highest BCUT2D eigenvalue weighted by atomic mass is 32.2. The minimum absolute atomic E-state index is 0.0805. The van der Waals surface area contributed by atoms with Gasteiger partial charge in [-0.05, 0) is 37.0 Å². The second-order valence-corrected chi connectivity index (χ2v) is 13.0. The normalized spacial score (nSPS) is 25.3. The molecule has 1 spiro atoms. The van der Waals surface area contributed by atoms with Crippen LogP contribution in [0.1, 0.15) is 24.8 Å². The van der Waals surface area contributed by atoms with Gasteiger partial charge in [0.15, 0.2) is 11.4 Å². The van der Waals surface area contributed by atoms with E-state index in [4.69, 9.17) is 9.88 Å². The lowest BCUT2D eigenvalue weighted by molar-refractivity contribution is -0.134. The van der Waals surface area contributed by atoms with Crippen molar-refractivity contribution in [1.82, 2.24) is 25.3 Å². The van der Waals surface area contributed by atoms with Crippen molar-refractivity contribution >= 4 is 33.8 Å². The molecular weight excluding hydrogens is 583 g/mol. The molecule has 4 aliphatic rings. The maximum absolute atomic E-state index is 13.8. The number of ketones is 1. The van der Waals surface area contributed by atoms with Crippen LogP contribution in [-0.2, 0) is 30.9 Å². The predicted molar refractivity (Wildman–Crippen MR) is 152 cm³/mol. The molecule has 0 bridgehead atoms. The summed E-state index contributed by atoms with van der Waals surface area (Å²) in [5.41, 5.74) is 0.708. The molecule has 1 aromatic rings. The Morgan fingerprint density at radius 2 is 1.98 bits per heavy atom. The zero-order valence-corrected chi connectivity index (χ0v) is 24.6. The van der Waals surface area contributed by atoms with Crippen LogP contribution in [0.3, 0.4) is 0 Å².